The van der Waals surface area contributed by atoms with Crippen molar-refractivity contribution in [1.29, 1.82) is 0 Å². The molecule has 0 spiro atoms. The molecule has 0 aliphatic carbocycles. The molecule has 1 N–H and O–H groups in total. The number of amides is 2. The highest BCUT2D eigenvalue weighted by Gasteiger charge is 2.37. The maximum Gasteiger partial charge on any atom is 0.254 e. The van der Waals surface area contributed by atoms with E-state index in [1.54, 1.807) is 4.90 Å². The van der Waals surface area contributed by atoms with E-state index in [0.29, 0.717) is 24.9 Å². The van der Waals surface area contributed by atoms with Gasteiger partial charge in [-0.2, -0.15) is 0 Å². The topological polar surface area (TPSA) is 49.4 Å². The van der Waals surface area contributed by atoms with Crippen LogP contribution >= 0.6 is 0 Å². The lowest BCUT2D eigenvalue weighted by Gasteiger charge is -2.40. The molecular formula is C29H26N2O2. The fourth-order valence-electron chi connectivity index (χ4n) is 4.62. The number of hydrogen-bond acceptors (Lipinski definition) is 2. The number of nitrogens with zero attached hydrogens (tertiary/aromatic N) is 1. The fourth-order valence-corrected chi connectivity index (χ4v) is 4.62. The molecule has 33 heavy (non-hydrogen) atoms. The third kappa shape index (κ3) is 4.65. The van der Waals surface area contributed by atoms with Crippen molar-refractivity contribution in [3.63, 3.8) is 0 Å². The van der Waals surface area contributed by atoms with Gasteiger partial charge in [-0.15, -0.1) is 0 Å². The van der Waals surface area contributed by atoms with Gasteiger partial charge in [-0.05, 0) is 40.5 Å². The van der Waals surface area contributed by atoms with Gasteiger partial charge in [0.05, 0.1) is 6.04 Å². The number of nitrogens with one attached hydrogen (secondary N) is 1. The molecular weight excluding hydrogens is 408 g/mol. The number of fused-ring (bicyclic) bond motifs is 1. The minimum absolute atomic E-state index is 0.0971. The van der Waals surface area contributed by atoms with Crippen LogP contribution in [0.3, 0.4) is 0 Å². The maximum atomic E-state index is 13.7. The zero-order valence-corrected chi connectivity index (χ0v) is 18.4. The highest BCUT2D eigenvalue weighted by molar-refractivity contribution is 6.01. The molecule has 0 aromatic heterocycles. The fraction of sp³-hybridized carbons (Fsp3) is 0.172. The zero-order chi connectivity index (χ0) is 22.6. The van der Waals surface area contributed by atoms with Crippen molar-refractivity contribution in [3.8, 4) is 0 Å². The van der Waals surface area contributed by atoms with Crippen molar-refractivity contribution in [3.05, 3.63) is 120 Å². The summed E-state index contributed by atoms with van der Waals surface area (Å²) in [4.78, 5) is 28.8. The first-order chi connectivity index (χ1) is 16.2. The molecule has 0 bridgehead atoms. The Balaban J connectivity index is 1.45. The smallest absolute Gasteiger partial charge is 0.254 e. The van der Waals surface area contributed by atoms with Gasteiger partial charge < -0.3 is 10.2 Å². The zero-order valence-electron chi connectivity index (χ0n) is 18.4. The molecule has 4 heteroatoms. The van der Waals surface area contributed by atoms with Gasteiger partial charge in [-0.1, -0.05) is 91.0 Å². The van der Waals surface area contributed by atoms with Crippen molar-refractivity contribution >= 4 is 22.6 Å². The summed E-state index contributed by atoms with van der Waals surface area (Å²) in [7, 11) is 0. The van der Waals surface area contributed by atoms with Gasteiger partial charge in [0.2, 0.25) is 5.91 Å². The third-order valence-corrected chi connectivity index (χ3v) is 6.30. The Morgan fingerprint density at radius 3 is 2.06 bits per heavy atom. The number of carbonyl (C=O) groups excluding carboxylic acids is 2. The number of hydrogen-bond donors (Lipinski definition) is 1. The minimum atomic E-state index is -0.543. The van der Waals surface area contributed by atoms with Crippen LogP contribution < -0.4 is 5.32 Å². The van der Waals surface area contributed by atoms with E-state index in [0.717, 1.165) is 21.9 Å². The van der Waals surface area contributed by atoms with E-state index in [1.807, 2.05) is 91.0 Å². The summed E-state index contributed by atoms with van der Waals surface area (Å²) in [6.45, 7) is 0.476. The van der Waals surface area contributed by atoms with Gasteiger partial charge in [0, 0.05) is 18.5 Å². The Kier molecular flexibility index (Phi) is 5.90. The number of rotatable bonds is 5. The van der Waals surface area contributed by atoms with E-state index in [1.165, 1.54) is 0 Å². The van der Waals surface area contributed by atoms with Crippen molar-refractivity contribution in [2.45, 2.75) is 24.9 Å². The lowest BCUT2D eigenvalue weighted by Crippen LogP contribution is -2.62. The summed E-state index contributed by atoms with van der Waals surface area (Å²) in [5.41, 5.74) is 2.79. The van der Waals surface area contributed by atoms with E-state index in [2.05, 4.69) is 17.4 Å². The van der Waals surface area contributed by atoms with E-state index in [9.17, 15) is 9.59 Å². The van der Waals surface area contributed by atoms with Crippen LogP contribution in [-0.2, 0) is 17.6 Å². The van der Waals surface area contributed by atoms with E-state index in [-0.39, 0.29) is 17.9 Å². The van der Waals surface area contributed by atoms with Crippen LogP contribution in [-0.4, -0.2) is 35.3 Å². The molecule has 0 saturated carbocycles. The van der Waals surface area contributed by atoms with Crippen LogP contribution in [0.4, 0.5) is 0 Å². The highest BCUT2D eigenvalue weighted by Crippen LogP contribution is 2.22. The van der Waals surface area contributed by atoms with Crippen molar-refractivity contribution in [2.24, 2.45) is 0 Å². The average Bonchev–Trinajstić information content (AvgIpc) is 2.86. The van der Waals surface area contributed by atoms with Gasteiger partial charge in [0.1, 0.15) is 6.04 Å². The monoisotopic (exact) mass is 434 g/mol. The van der Waals surface area contributed by atoms with Crippen LogP contribution in [0, 0.1) is 0 Å². The van der Waals surface area contributed by atoms with Gasteiger partial charge in [-0.25, -0.2) is 0 Å². The average molecular weight is 435 g/mol. The summed E-state index contributed by atoms with van der Waals surface area (Å²) >= 11 is 0. The number of benzene rings is 4. The SMILES string of the molecule is O=C1N[C@@H](Cc2ccccc2)CN(C(=O)c2ccc3ccccc3c2)[C@H]1Cc1ccccc1. The predicted molar refractivity (Wildman–Crippen MR) is 131 cm³/mol. The molecule has 4 aromatic rings. The van der Waals surface area contributed by atoms with Crippen LogP contribution in [0.25, 0.3) is 10.8 Å². The Labute approximate surface area is 193 Å². The second-order valence-electron chi connectivity index (χ2n) is 8.62. The number of piperazine rings is 1. The molecule has 2 amide bonds. The Morgan fingerprint density at radius 1 is 0.758 bits per heavy atom. The van der Waals surface area contributed by atoms with Crippen molar-refractivity contribution < 1.29 is 9.59 Å². The molecule has 1 saturated heterocycles. The molecule has 2 atom stereocenters. The maximum absolute atomic E-state index is 13.7. The first-order valence-electron chi connectivity index (χ1n) is 11.4. The normalized spacial score (nSPS) is 18.2. The summed E-state index contributed by atoms with van der Waals surface area (Å²) in [5.74, 6) is -0.199. The minimum Gasteiger partial charge on any atom is -0.349 e. The van der Waals surface area contributed by atoms with Crippen molar-refractivity contribution in [1.82, 2.24) is 10.2 Å². The summed E-state index contributed by atoms with van der Waals surface area (Å²) in [6, 6.07) is 33.1. The Bertz CT molecular complexity index is 1270. The molecule has 0 radical (unpaired) electrons. The molecule has 1 heterocycles. The molecule has 4 aromatic carbocycles. The summed E-state index contributed by atoms with van der Waals surface area (Å²) < 4.78 is 0. The summed E-state index contributed by atoms with van der Waals surface area (Å²) in [6.07, 6.45) is 1.18. The molecule has 1 aliphatic heterocycles. The second-order valence-corrected chi connectivity index (χ2v) is 8.62. The van der Waals surface area contributed by atoms with E-state index >= 15 is 0 Å². The van der Waals surface area contributed by atoms with Gasteiger partial charge in [0.25, 0.3) is 5.91 Å². The molecule has 164 valence electrons. The van der Waals surface area contributed by atoms with Crippen LogP contribution in [0.2, 0.25) is 0 Å². The van der Waals surface area contributed by atoms with Crippen LogP contribution in [0.5, 0.6) is 0 Å². The van der Waals surface area contributed by atoms with Crippen molar-refractivity contribution in [2.75, 3.05) is 6.54 Å². The first-order valence-corrected chi connectivity index (χ1v) is 11.4. The lowest BCUT2D eigenvalue weighted by atomic mass is 9.96. The first kappa shape index (κ1) is 21.0. The standard InChI is InChI=1S/C29H26N2O2/c32-28-27(18-22-11-5-2-6-12-22)31(20-26(30-28)17-21-9-3-1-4-10-21)29(33)25-16-15-23-13-7-8-14-24(23)19-25/h1-16,19,26-27H,17-18,20H2,(H,30,32)/t26-,27-/m0/s1. The van der Waals surface area contributed by atoms with Gasteiger partial charge in [-0.3, -0.25) is 9.59 Å². The number of carbonyl (C=O) groups is 2. The predicted octanol–water partition coefficient (Wildman–Crippen LogP) is 4.63. The van der Waals surface area contributed by atoms with E-state index < -0.39 is 6.04 Å². The molecule has 0 unspecified atom stereocenters. The Morgan fingerprint density at radius 2 is 1.36 bits per heavy atom. The lowest BCUT2D eigenvalue weighted by molar-refractivity contribution is -0.129. The highest BCUT2D eigenvalue weighted by atomic mass is 16.2. The van der Waals surface area contributed by atoms with Crippen LogP contribution in [0.1, 0.15) is 21.5 Å². The molecule has 1 aliphatic rings. The van der Waals surface area contributed by atoms with Gasteiger partial charge >= 0.3 is 0 Å². The van der Waals surface area contributed by atoms with Gasteiger partial charge in [0.15, 0.2) is 0 Å². The second kappa shape index (κ2) is 9.29. The Hall–Kier alpha value is -3.92. The largest absolute Gasteiger partial charge is 0.349 e. The summed E-state index contributed by atoms with van der Waals surface area (Å²) in [5, 5.41) is 5.28. The third-order valence-electron chi connectivity index (χ3n) is 6.30. The van der Waals surface area contributed by atoms with E-state index in [4.69, 9.17) is 0 Å². The molecule has 5 rings (SSSR count). The van der Waals surface area contributed by atoms with Crippen LogP contribution in [0.15, 0.2) is 103 Å². The quantitative estimate of drug-likeness (QED) is 0.498. The molecule has 4 nitrogen and oxygen atoms in total. The molecule has 1 fully saturated rings.